The number of aliphatic hydroxyl groups is 1. The highest BCUT2D eigenvalue weighted by Gasteiger charge is 2.54. The third-order valence-electron chi connectivity index (χ3n) is 4.68. The van der Waals surface area contributed by atoms with Gasteiger partial charge in [0.05, 0.1) is 19.3 Å². The van der Waals surface area contributed by atoms with Crippen molar-refractivity contribution in [2.24, 2.45) is 0 Å². The molecule has 2 rings (SSSR count). The molecule has 2 N–H and O–H groups in total. The highest BCUT2D eigenvalue weighted by molar-refractivity contribution is 6.70. The van der Waals surface area contributed by atoms with Crippen LogP contribution in [0.15, 0.2) is 24.3 Å². The van der Waals surface area contributed by atoms with Crippen molar-refractivity contribution in [3.8, 4) is 0 Å². The zero-order valence-electron chi connectivity index (χ0n) is 21.0. The molecule has 0 saturated carbocycles. The first kappa shape index (κ1) is 26.7. The lowest BCUT2D eigenvalue weighted by molar-refractivity contribution is -0.304. The minimum Gasteiger partial charge on any atom is -0.410 e. The van der Waals surface area contributed by atoms with Crippen LogP contribution in [0.2, 0.25) is 58.9 Å². The highest BCUT2D eigenvalue weighted by atomic mass is 28.4. The van der Waals surface area contributed by atoms with E-state index in [2.05, 4.69) is 71.2 Å². The van der Waals surface area contributed by atoms with E-state index in [0.717, 1.165) is 5.69 Å². The maximum atomic E-state index is 11.7. The molecule has 0 aliphatic carbocycles. The fourth-order valence-electron chi connectivity index (χ4n) is 3.55. The third kappa shape index (κ3) is 8.73. The largest absolute Gasteiger partial charge is 0.410 e. The summed E-state index contributed by atoms with van der Waals surface area (Å²) in [5, 5.41) is 15.0. The second-order valence-electron chi connectivity index (χ2n) is 11.5. The predicted molar refractivity (Wildman–Crippen MR) is 135 cm³/mol. The van der Waals surface area contributed by atoms with Crippen LogP contribution in [0.25, 0.3) is 0 Å². The van der Waals surface area contributed by atoms with Crippen molar-refractivity contribution in [1.82, 2.24) is 0 Å². The van der Waals surface area contributed by atoms with Crippen molar-refractivity contribution in [2.45, 2.75) is 89.9 Å². The molecule has 0 unspecified atom stereocenters. The van der Waals surface area contributed by atoms with Gasteiger partial charge in [-0.1, -0.05) is 17.7 Å². The first-order valence-corrected chi connectivity index (χ1v) is 21.4. The van der Waals surface area contributed by atoms with Gasteiger partial charge in [0.1, 0.15) is 12.2 Å². The first-order valence-electron chi connectivity index (χ1n) is 11.2. The Morgan fingerprint density at radius 3 is 1.90 bits per heavy atom. The van der Waals surface area contributed by atoms with E-state index in [-0.39, 0.29) is 25.4 Å². The second kappa shape index (κ2) is 9.76. The third-order valence-corrected chi connectivity index (χ3v) is 7.63. The molecule has 1 aromatic rings. The number of ether oxygens (including phenoxy) is 1. The molecule has 31 heavy (non-hydrogen) atoms. The lowest BCUT2D eigenvalue weighted by atomic mass is 9.96. The number of nitrogens with one attached hydrogen (secondary N) is 1. The molecule has 1 saturated heterocycles. The van der Waals surface area contributed by atoms with Gasteiger partial charge in [0.25, 0.3) is 0 Å². The van der Waals surface area contributed by atoms with Crippen LogP contribution < -0.4 is 5.32 Å². The number of aryl methyl sites for hydroxylation is 1. The quantitative estimate of drug-likeness (QED) is 0.490. The molecular weight excluding hydrogens is 443 g/mol. The van der Waals surface area contributed by atoms with Crippen LogP contribution in [0.4, 0.5) is 5.69 Å². The Morgan fingerprint density at radius 2 is 1.42 bits per heavy atom. The lowest BCUT2D eigenvalue weighted by Crippen LogP contribution is -2.69. The minimum absolute atomic E-state index is 0.205. The molecular formula is C22H43NO5Si3. The average molecular weight is 486 g/mol. The Kier molecular flexibility index (Phi) is 8.41. The van der Waals surface area contributed by atoms with Gasteiger partial charge in [-0.15, -0.1) is 0 Å². The van der Waals surface area contributed by atoms with E-state index in [0.29, 0.717) is 0 Å². The molecule has 1 aliphatic heterocycles. The normalized spacial score (nSPS) is 27.9. The Labute approximate surface area is 192 Å². The van der Waals surface area contributed by atoms with E-state index >= 15 is 0 Å². The van der Waals surface area contributed by atoms with Gasteiger partial charge in [-0.05, 0) is 78.0 Å². The maximum Gasteiger partial charge on any atom is 0.211 e. The fraction of sp³-hybridized carbons (Fsp3) is 0.727. The standard InChI is InChI=1S/C22H43NO5Si3/c1-17-11-13-18(14-12-17)23-16-22(24)21(28-31(8,9)10)20(27-30(5,6)7)19(15-25-22)26-29(2,3)4/h11-14,19-21,23-24H,15-16H2,1-10H3/t19-,20-,21+,22-/m1/s1. The number of benzene rings is 1. The van der Waals surface area contributed by atoms with Crippen LogP contribution in [-0.2, 0) is 18.0 Å². The number of hydrogen-bond donors (Lipinski definition) is 2. The van der Waals surface area contributed by atoms with Gasteiger partial charge in [0.15, 0.2) is 25.0 Å². The molecule has 1 aromatic carbocycles. The van der Waals surface area contributed by atoms with Crippen LogP contribution in [0, 0.1) is 6.92 Å². The second-order valence-corrected chi connectivity index (χ2v) is 24.9. The van der Waals surface area contributed by atoms with E-state index in [4.69, 9.17) is 18.0 Å². The fourth-order valence-corrected chi connectivity index (χ4v) is 6.83. The van der Waals surface area contributed by atoms with Crippen LogP contribution in [0.3, 0.4) is 0 Å². The Balaban J connectivity index is 2.35. The summed E-state index contributed by atoms with van der Waals surface area (Å²) in [5.74, 6) is -1.52. The van der Waals surface area contributed by atoms with Gasteiger partial charge in [-0.2, -0.15) is 0 Å². The summed E-state index contributed by atoms with van der Waals surface area (Å²) in [6, 6.07) is 8.09. The first-order chi connectivity index (χ1) is 14.0. The van der Waals surface area contributed by atoms with Crippen molar-refractivity contribution in [3.05, 3.63) is 29.8 Å². The lowest BCUT2D eigenvalue weighted by Gasteiger charge is -2.51. The molecule has 4 atom stereocenters. The molecule has 0 radical (unpaired) electrons. The minimum atomic E-state index is -2.03. The highest BCUT2D eigenvalue weighted by Crippen LogP contribution is 2.35. The topological polar surface area (TPSA) is 69.2 Å². The number of rotatable bonds is 9. The van der Waals surface area contributed by atoms with E-state index < -0.39 is 36.8 Å². The van der Waals surface area contributed by atoms with Crippen molar-refractivity contribution in [3.63, 3.8) is 0 Å². The number of hydrogen-bond acceptors (Lipinski definition) is 6. The molecule has 1 fully saturated rings. The van der Waals surface area contributed by atoms with Gasteiger partial charge in [-0.25, -0.2) is 0 Å². The van der Waals surface area contributed by atoms with Crippen LogP contribution in [0.1, 0.15) is 5.56 Å². The molecule has 0 bridgehead atoms. The Morgan fingerprint density at radius 1 is 0.903 bits per heavy atom. The van der Waals surface area contributed by atoms with Gasteiger partial charge >= 0.3 is 0 Å². The van der Waals surface area contributed by atoms with E-state index in [1.807, 2.05) is 24.3 Å². The number of anilines is 1. The molecule has 9 heteroatoms. The van der Waals surface area contributed by atoms with E-state index in [1.54, 1.807) is 0 Å². The molecule has 6 nitrogen and oxygen atoms in total. The molecule has 0 amide bonds. The SMILES string of the molecule is Cc1ccc(NC[C@@]2(O)OC[C@@H](O[Si](C)(C)C)[C@@H](O[Si](C)(C)C)[C@@H]2O[Si](C)(C)C)cc1. The summed E-state index contributed by atoms with van der Waals surface area (Å²) in [6.07, 6.45) is -1.29. The van der Waals surface area contributed by atoms with E-state index in [9.17, 15) is 5.11 Å². The predicted octanol–water partition coefficient (Wildman–Crippen LogP) is 4.79. The zero-order chi connectivity index (χ0) is 23.7. The van der Waals surface area contributed by atoms with Crippen molar-refractivity contribution in [2.75, 3.05) is 18.5 Å². The van der Waals surface area contributed by atoms with E-state index in [1.165, 1.54) is 5.56 Å². The smallest absolute Gasteiger partial charge is 0.211 e. The Bertz CT molecular complexity index is 712. The molecule has 1 heterocycles. The molecule has 1 aliphatic rings. The summed E-state index contributed by atoms with van der Waals surface area (Å²) in [4.78, 5) is 0. The monoisotopic (exact) mass is 485 g/mol. The van der Waals surface area contributed by atoms with Crippen molar-refractivity contribution in [1.29, 1.82) is 0 Å². The van der Waals surface area contributed by atoms with Crippen LogP contribution in [-0.4, -0.2) is 67.3 Å². The van der Waals surface area contributed by atoms with Crippen LogP contribution >= 0.6 is 0 Å². The van der Waals surface area contributed by atoms with Gasteiger partial charge in [-0.3, -0.25) is 0 Å². The van der Waals surface area contributed by atoms with Crippen LogP contribution in [0.5, 0.6) is 0 Å². The van der Waals surface area contributed by atoms with Gasteiger partial charge < -0.3 is 28.4 Å². The summed E-state index contributed by atoms with van der Waals surface area (Å²) < 4.78 is 25.7. The van der Waals surface area contributed by atoms with Crippen molar-refractivity contribution >= 4 is 30.6 Å². The molecule has 0 spiro atoms. The maximum absolute atomic E-state index is 11.7. The molecule has 178 valence electrons. The van der Waals surface area contributed by atoms with Gasteiger partial charge in [0.2, 0.25) is 5.79 Å². The summed E-state index contributed by atoms with van der Waals surface area (Å²) in [7, 11) is -5.84. The average Bonchev–Trinajstić information content (AvgIpc) is 2.57. The molecule has 0 aromatic heterocycles. The summed E-state index contributed by atoms with van der Waals surface area (Å²) >= 11 is 0. The van der Waals surface area contributed by atoms with Gasteiger partial charge in [0, 0.05) is 5.69 Å². The summed E-state index contributed by atoms with van der Waals surface area (Å²) in [6.45, 7) is 21.8. The summed E-state index contributed by atoms with van der Waals surface area (Å²) in [5.41, 5.74) is 2.12. The van der Waals surface area contributed by atoms with Crippen molar-refractivity contribution < 1.29 is 23.1 Å². The Hall–Kier alpha value is -0.529. The zero-order valence-corrected chi connectivity index (χ0v) is 24.0.